The Morgan fingerprint density at radius 1 is 1.07 bits per heavy atom. The highest BCUT2D eigenvalue weighted by Gasteiger charge is 2.32. The Hall–Kier alpha value is -3.63. The average Bonchev–Trinajstić information content (AvgIpc) is 3.51. The SMILES string of the molecule is Cc1cc(OC2CCS(=O)(=O)NC2)cc(C)c1-c1ccc(F)c2c1CCC2Oc1ccc2c(c1)OC[C@H]2CC(=O)O. The second kappa shape index (κ2) is 10.6. The predicted molar refractivity (Wildman–Crippen MR) is 151 cm³/mol. The zero-order chi connectivity index (χ0) is 28.9. The fraction of sp³-hybridized carbons (Fsp3) is 0.387. The number of aryl methyl sites for hydroxylation is 2. The Morgan fingerprint density at radius 3 is 2.56 bits per heavy atom. The molecule has 2 N–H and O–H groups in total. The number of hydrogen-bond donors (Lipinski definition) is 2. The quantitative estimate of drug-likeness (QED) is 0.395. The summed E-state index contributed by atoms with van der Waals surface area (Å²) in [7, 11) is -3.21. The van der Waals surface area contributed by atoms with Gasteiger partial charge in [-0.1, -0.05) is 12.1 Å². The van der Waals surface area contributed by atoms with E-state index in [-0.39, 0.29) is 36.6 Å². The van der Waals surface area contributed by atoms with Crippen LogP contribution in [0, 0.1) is 19.7 Å². The Balaban J connectivity index is 1.24. The summed E-state index contributed by atoms with van der Waals surface area (Å²) in [6, 6.07) is 12.6. The van der Waals surface area contributed by atoms with Gasteiger partial charge < -0.3 is 19.3 Å². The van der Waals surface area contributed by atoms with E-state index < -0.39 is 22.1 Å². The molecule has 10 heteroatoms. The molecule has 6 rings (SSSR count). The highest BCUT2D eigenvalue weighted by Crippen LogP contribution is 2.45. The zero-order valence-corrected chi connectivity index (χ0v) is 23.7. The van der Waals surface area contributed by atoms with Gasteiger partial charge in [0.15, 0.2) is 0 Å². The molecule has 2 heterocycles. The first-order chi connectivity index (χ1) is 19.6. The molecule has 0 saturated carbocycles. The molecule has 3 aromatic carbocycles. The molecule has 41 heavy (non-hydrogen) atoms. The maximum atomic E-state index is 15.3. The highest BCUT2D eigenvalue weighted by molar-refractivity contribution is 7.89. The molecule has 2 aliphatic heterocycles. The number of carboxylic acids is 1. The number of benzene rings is 3. The van der Waals surface area contributed by atoms with Gasteiger partial charge in [-0.15, -0.1) is 0 Å². The van der Waals surface area contributed by atoms with E-state index in [0.717, 1.165) is 33.4 Å². The van der Waals surface area contributed by atoms with E-state index in [9.17, 15) is 13.2 Å². The lowest BCUT2D eigenvalue weighted by Crippen LogP contribution is -2.43. The maximum Gasteiger partial charge on any atom is 0.304 e. The van der Waals surface area contributed by atoms with Gasteiger partial charge in [-0.3, -0.25) is 4.79 Å². The summed E-state index contributed by atoms with van der Waals surface area (Å²) in [5, 5.41) is 9.16. The first-order valence-corrected chi connectivity index (χ1v) is 15.5. The van der Waals surface area contributed by atoms with E-state index in [0.29, 0.717) is 48.7 Å². The predicted octanol–water partition coefficient (Wildman–Crippen LogP) is 5.20. The molecular formula is C31H32FNO7S. The monoisotopic (exact) mass is 581 g/mol. The van der Waals surface area contributed by atoms with E-state index in [1.807, 2.05) is 38.1 Å². The summed E-state index contributed by atoms with van der Waals surface area (Å²) >= 11 is 0. The van der Waals surface area contributed by atoms with Crippen LogP contribution in [-0.2, 0) is 21.2 Å². The number of nitrogens with one attached hydrogen (secondary N) is 1. The minimum atomic E-state index is -3.21. The average molecular weight is 582 g/mol. The molecule has 8 nitrogen and oxygen atoms in total. The van der Waals surface area contributed by atoms with Crippen molar-refractivity contribution in [3.05, 3.63) is 76.1 Å². The molecule has 0 amide bonds. The number of hydrogen-bond acceptors (Lipinski definition) is 6. The van der Waals surface area contributed by atoms with Crippen LogP contribution in [-0.4, -0.2) is 44.5 Å². The van der Waals surface area contributed by atoms with Crippen LogP contribution in [0.3, 0.4) is 0 Å². The number of fused-ring (bicyclic) bond motifs is 2. The van der Waals surface area contributed by atoms with E-state index in [4.69, 9.17) is 19.3 Å². The summed E-state index contributed by atoms with van der Waals surface area (Å²) in [5.74, 6) is 0.526. The van der Waals surface area contributed by atoms with Gasteiger partial charge in [0.25, 0.3) is 0 Å². The second-order valence-electron chi connectivity index (χ2n) is 11.1. The number of halogens is 1. The summed E-state index contributed by atoms with van der Waals surface area (Å²) in [4.78, 5) is 11.2. The minimum absolute atomic E-state index is 0.00520. The molecule has 0 bridgehead atoms. The van der Waals surface area contributed by atoms with Crippen LogP contribution < -0.4 is 18.9 Å². The lowest BCUT2D eigenvalue weighted by molar-refractivity contribution is -0.137. The van der Waals surface area contributed by atoms with Crippen molar-refractivity contribution in [2.45, 2.75) is 57.7 Å². The summed E-state index contributed by atoms with van der Waals surface area (Å²) in [6.45, 7) is 4.56. The smallest absolute Gasteiger partial charge is 0.304 e. The molecule has 3 aliphatic rings. The van der Waals surface area contributed by atoms with E-state index in [1.165, 1.54) is 6.07 Å². The summed E-state index contributed by atoms with van der Waals surface area (Å²) in [5.41, 5.74) is 6.30. The number of aliphatic carboxylic acids is 1. The van der Waals surface area contributed by atoms with Crippen molar-refractivity contribution in [1.29, 1.82) is 0 Å². The van der Waals surface area contributed by atoms with Crippen molar-refractivity contribution >= 4 is 16.0 Å². The van der Waals surface area contributed by atoms with Gasteiger partial charge in [0.2, 0.25) is 10.0 Å². The Kier molecular flexibility index (Phi) is 7.15. The Labute approximate surface area is 238 Å². The van der Waals surface area contributed by atoms with Crippen LogP contribution in [0.15, 0.2) is 42.5 Å². The first kappa shape index (κ1) is 27.5. The molecule has 3 aromatic rings. The third kappa shape index (κ3) is 5.50. The van der Waals surface area contributed by atoms with E-state index in [1.54, 1.807) is 12.1 Å². The topological polar surface area (TPSA) is 111 Å². The molecule has 0 radical (unpaired) electrons. The van der Waals surface area contributed by atoms with Crippen LogP contribution in [0.4, 0.5) is 4.39 Å². The van der Waals surface area contributed by atoms with Crippen LogP contribution >= 0.6 is 0 Å². The van der Waals surface area contributed by atoms with Crippen LogP contribution in [0.1, 0.15) is 59.1 Å². The second-order valence-corrected chi connectivity index (χ2v) is 13.0. The minimum Gasteiger partial charge on any atom is -0.492 e. The Morgan fingerprint density at radius 2 is 1.85 bits per heavy atom. The summed E-state index contributed by atoms with van der Waals surface area (Å²) in [6.07, 6.45) is 1.03. The number of ether oxygens (including phenoxy) is 3. The van der Waals surface area contributed by atoms with Gasteiger partial charge in [-0.25, -0.2) is 17.5 Å². The van der Waals surface area contributed by atoms with Gasteiger partial charge in [0, 0.05) is 36.1 Å². The van der Waals surface area contributed by atoms with Gasteiger partial charge in [0.05, 0.1) is 18.8 Å². The van der Waals surface area contributed by atoms with Crippen LogP contribution in [0.2, 0.25) is 0 Å². The molecular weight excluding hydrogens is 549 g/mol. The largest absolute Gasteiger partial charge is 0.492 e. The third-order valence-electron chi connectivity index (χ3n) is 8.16. The fourth-order valence-electron chi connectivity index (χ4n) is 6.29. The highest BCUT2D eigenvalue weighted by atomic mass is 32.2. The van der Waals surface area contributed by atoms with Crippen molar-refractivity contribution < 1.29 is 36.9 Å². The van der Waals surface area contributed by atoms with Crippen molar-refractivity contribution in [2.24, 2.45) is 0 Å². The lowest BCUT2D eigenvalue weighted by Gasteiger charge is -2.25. The molecule has 3 atom stereocenters. The molecule has 1 fully saturated rings. The normalized spacial score (nSPS) is 22.5. The van der Waals surface area contributed by atoms with Crippen molar-refractivity contribution in [1.82, 2.24) is 4.72 Å². The van der Waals surface area contributed by atoms with Gasteiger partial charge >= 0.3 is 5.97 Å². The van der Waals surface area contributed by atoms with E-state index in [2.05, 4.69) is 4.72 Å². The number of carboxylic acid groups (broad SMARTS) is 1. The number of rotatable bonds is 7. The number of sulfonamides is 1. The molecule has 1 saturated heterocycles. The van der Waals surface area contributed by atoms with Crippen molar-refractivity contribution in [2.75, 3.05) is 18.9 Å². The van der Waals surface area contributed by atoms with E-state index >= 15 is 4.39 Å². The maximum absolute atomic E-state index is 15.3. The van der Waals surface area contributed by atoms with Crippen LogP contribution in [0.5, 0.6) is 17.2 Å². The van der Waals surface area contributed by atoms with Crippen LogP contribution in [0.25, 0.3) is 11.1 Å². The third-order valence-corrected chi connectivity index (χ3v) is 9.54. The zero-order valence-electron chi connectivity index (χ0n) is 22.9. The lowest BCUT2D eigenvalue weighted by atomic mass is 9.90. The standard InChI is InChI=1S/C31H32FNO7S/c1-17-11-22(39-21-9-10-41(36,37)33-15-21)12-18(2)30(17)24-5-7-26(32)31-25(24)6-8-27(31)40-20-3-4-23-19(13-29(34)35)16-38-28(23)14-20/h3-5,7,11-12,14,19,21,27,33H,6,8-10,13,15-16H2,1-2H3,(H,34,35)/t19-,21?,27?/m1/s1. The number of carbonyl (C=O) groups is 1. The van der Waals surface area contributed by atoms with Gasteiger partial charge in [0.1, 0.15) is 35.3 Å². The van der Waals surface area contributed by atoms with Crippen molar-refractivity contribution in [3.8, 4) is 28.4 Å². The fourth-order valence-corrected chi connectivity index (χ4v) is 7.45. The van der Waals surface area contributed by atoms with Gasteiger partial charge in [-0.2, -0.15) is 0 Å². The molecule has 2 unspecified atom stereocenters. The molecule has 216 valence electrons. The molecule has 1 aliphatic carbocycles. The van der Waals surface area contributed by atoms with Gasteiger partial charge in [-0.05, 0) is 78.8 Å². The Bertz CT molecular complexity index is 1600. The summed E-state index contributed by atoms with van der Waals surface area (Å²) < 4.78 is 59.3. The first-order valence-electron chi connectivity index (χ1n) is 13.8. The molecule has 0 spiro atoms. The molecule has 0 aromatic heterocycles. The van der Waals surface area contributed by atoms with Crippen molar-refractivity contribution in [3.63, 3.8) is 0 Å².